The van der Waals surface area contributed by atoms with E-state index in [2.05, 4.69) is 4.74 Å². The van der Waals surface area contributed by atoms with E-state index in [1.807, 2.05) is 0 Å². The van der Waals surface area contributed by atoms with E-state index in [0.29, 0.717) is 40.1 Å². The van der Waals surface area contributed by atoms with Crippen molar-refractivity contribution in [3.05, 3.63) is 47.5 Å². The van der Waals surface area contributed by atoms with Crippen molar-refractivity contribution in [3.63, 3.8) is 0 Å². The van der Waals surface area contributed by atoms with Crippen LogP contribution in [-0.4, -0.2) is 66.8 Å². The third kappa shape index (κ3) is 8.50. The van der Waals surface area contributed by atoms with Crippen LogP contribution in [0.5, 0.6) is 34.5 Å². The van der Waals surface area contributed by atoms with Gasteiger partial charge in [0.25, 0.3) is 0 Å². The zero-order valence-corrected chi connectivity index (χ0v) is 20.7. The highest BCUT2D eigenvalue weighted by Crippen LogP contribution is 2.39. The molecule has 0 saturated heterocycles. The van der Waals surface area contributed by atoms with Crippen LogP contribution in [0.4, 0.5) is 0 Å². The maximum Gasteiger partial charge on any atom is 0.330 e. The first kappa shape index (κ1) is 28.7. The van der Waals surface area contributed by atoms with Gasteiger partial charge in [-0.1, -0.05) is 0 Å². The van der Waals surface area contributed by atoms with Crippen molar-refractivity contribution in [2.75, 3.05) is 49.8 Å². The summed E-state index contributed by atoms with van der Waals surface area (Å²) in [7, 11) is 10.4. The topological polar surface area (TPSA) is 119 Å². The monoisotopic (exact) mass is 490 g/mol. The molecule has 0 aliphatic rings. The average Bonchev–Trinajstić information content (AvgIpc) is 2.89. The smallest absolute Gasteiger partial charge is 0.330 e. The molecule has 0 bridgehead atoms. The van der Waals surface area contributed by atoms with Gasteiger partial charge >= 0.3 is 11.9 Å². The summed E-state index contributed by atoms with van der Waals surface area (Å²) in [5.74, 6) is 1.57. The number of carbonyl (C=O) groups is 2. The molecule has 10 nitrogen and oxygen atoms in total. The maximum atomic E-state index is 11.0. The van der Waals surface area contributed by atoms with E-state index in [1.165, 1.54) is 61.9 Å². The van der Waals surface area contributed by atoms with E-state index in [-0.39, 0.29) is 0 Å². The molecular formula is C25H30O10. The minimum Gasteiger partial charge on any atom is -0.493 e. The summed E-state index contributed by atoms with van der Waals surface area (Å²) < 4.78 is 35.5. The number of rotatable bonds is 10. The predicted molar refractivity (Wildman–Crippen MR) is 130 cm³/mol. The van der Waals surface area contributed by atoms with Crippen molar-refractivity contribution in [1.29, 1.82) is 0 Å². The highest BCUT2D eigenvalue weighted by Gasteiger charge is 2.13. The van der Waals surface area contributed by atoms with E-state index in [0.717, 1.165) is 11.6 Å². The fourth-order valence-corrected chi connectivity index (χ4v) is 2.80. The number of hydrogen-bond acceptors (Lipinski definition) is 9. The Bertz CT molecular complexity index is 1010. The summed E-state index contributed by atoms with van der Waals surface area (Å²) in [5, 5.41) is 8.55. The van der Waals surface area contributed by atoms with Crippen LogP contribution in [0.3, 0.4) is 0 Å². The van der Waals surface area contributed by atoms with Crippen molar-refractivity contribution in [2.24, 2.45) is 0 Å². The number of aliphatic carboxylic acids is 1. The standard InChI is InChI=1S/C13H16O5.C12H14O5/c1-15-10-7-9(5-6-12(14)17-3)8-11(16-2)13(10)18-4;1-15-9-6-8(4-5-11(13)14)7-10(16-2)12(9)17-3/h5-8H,1-4H3;4-7H,1-3H3,(H,13,14). The Morgan fingerprint density at radius 2 is 0.943 bits per heavy atom. The number of carboxylic acids is 1. The fraction of sp³-hybridized carbons (Fsp3) is 0.280. The molecule has 0 fully saturated rings. The van der Waals surface area contributed by atoms with Gasteiger partial charge < -0.3 is 38.3 Å². The lowest BCUT2D eigenvalue weighted by Crippen LogP contribution is -1.96. The van der Waals surface area contributed by atoms with Gasteiger partial charge in [-0.15, -0.1) is 0 Å². The molecule has 0 unspecified atom stereocenters. The van der Waals surface area contributed by atoms with Crippen LogP contribution < -0.4 is 28.4 Å². The Kier molecular flexibility index (Phi) is 12.1. The molecule has 2 aromatic rings. The van der Waals surface area contributed by atoms with E-state index in [4.69, 9.17) is 33.5 Å². The third-order valence-electron chi connectivity index (χ3n) is 4.41. The largest absolute Gasteiger partial charge is 0.493 e. The van der Waals surface area contributed by atoms with Gasteiger partial charge in [0.15, 0.2) is 23.0 Å². The summed E-state index contributed by atoms with van der Waals surface area (Å²) in [4.78, 5) is 21.5. The summed E-state index contributed by atoms with van der Waals surface area (Å²) in [6.07, 6.45) is 5.42. The van der Waals surface area contributed by atoms with Gasteiger partial charge in [-0.3, -0.25) is 0 Å². The molecule has 0 aliphatic carbocycles. The number of esters is 1. The van der Waals surface area contributed by atoms with Crippen LogP contribution in [0.15, 0.2) is 36.4 Å². The third-order valence-corrected chi connectivity index (χ3v) is 4.41. The number of methoxy groups -OCH3 is 7. The molecule has 0 heterocycles. The van der Waals surface area contributed by atoms with E-state index >= 15 is 0 Å². The molecule has 2 rings (SSSR count). The van der Waals surface area contributed by atoms with Gasteiger partial charge in [-0.25, -0.2) is 9.59 Å². The summed E-state index contributed by atoms with van der Waals surface area (Å²) in [6.45, 7) is 0. The van der Waals surface area contributed by atoms with E-state index in [1.54, 1.807) is 30.3 Å². The lowest BCUT2D eigenvalue weighted by Gasteiger charge is -2.12. The molecule has 0 spiro atoms. The van der Waals surface area contributed by atoms with Crippen LogP contribution >= 0.6 is 0 Å². The molecule has 0 saturated carbocycles. The lowest BCUT2D eigenvalue weighted by molar-refractivity contribution is -0.135. The molecule has 10 heteroatoms. The average molecular weight is 491 g/mol. The zero-order valence-electron chi connectivity index (χ0n) is 20.7. The van der Waals surface area contributed by atoms with Gasteiger partial charge in [-0.05, 0) is 47.5 Å². The van der Waals surface area contributed by atoms with Crippen LogP contribution in [0.25, 0.3) is 12.2 Å². The van der Waals surface area contributed by atoms with E-state index in [9.17, 15) is 9.59 Å². The zero-order chi connectivity index (χ0) is 26.4. The van der Waals surface area contributed by atoms with Crippen molar-refractivity contribution in [1.82, 2.24) is 0 Å². The Morgan fingerprint density at radius 3 is 1.20 bits per heavy atom. The van der Waals surface area contributed by atoms with Crippen molar-refractivity contribution < 1.29 is 47.9 Å². The number of benzene rings is 2. The first-order valence-electron chi connectivity index (χ1n) is 10.0. The first-order valence-corrected chi connectivity index (χ1v) is 10.0. The van der Waals surface area contributed by atoms with Crippen LogP contribution in [0.2, 0.25) is 0 Å². The van der Waals surface area contributed by atoms with E-state index < -0.39 is 11.9 Å². The summed E-state index contributed by atoms with van der Waals surface area (Å²) >= 11 is 0. The first-order chi connectivity index (χ1) is 16.8. The minimum absolute atomic E-state index is 0.427. The van der Waals surface area contributed by atoms with Crippen molar-refractivity contribution in [3.8, 4) is 34.5 Å². The summed E-state index contributed by atoms with van der Waals surface area (Å²) in [6, 6.07) is 6.81. The van der Waals surface area contributed by atoms with Crippen molar-refractivity contribution in [2.45, 2.75) is 0 Å². The molecular weight excluding hydrogens is 460 g/mol. The highest BCUT2D eigenvalue weighted by atomic mass is 16.5. The molecule has 1 N–H and O–H groups in total. The summed E-state index contributed by atoms with van der Waals surface area (Å²) in [5.41, 5.74) is 1.40. The number of hydrogen-bond donors (Lipinski definition) is 1. The van der Waals surface area contributed by atoms with Gasteiger partial charge in [0.1, 0.15) is 0 Å². The van der Waals surface area contributed by atoms with Crippen LogP contribution in [0, 0.1) is 0 Å². The Balaban J connectivity index is 0.000000351. The molecule has 2 aromatic carbocycles. The highest BCUT2D eigenvalue weighted by molar-refractivity contribution is 5.87. The molecule has 0 amide bonds. The van der Waals surface area contributed by atoms with Crippen molar-refractivity contribution >= 4 is 24.1 Å². The predicted octanol–water partition coefficient (Wildman–Crippen LogP) is 3.71. The second kappa shape index (κ2) is 14.7. The number of ether oxygens (including phenoxy) is 7. The SMILES string of the molecule is COC(=O)C=Cc1cc(OC)c(OC)c(OC)c1.COc1cc(C=CC(=O)O)cc(OC)c1OC. The normalized spacial score (nSPS) is 10.3. The second-order valence-electron chi connectivity index (χ2n) is 6.45. The number of carbonyl (C=O) groups excluding carboxylic acids is 1. The Hall–Kier alpha value is -4.34. The lowest BCUT2D eigenvalue weighted by atomic mass is 10.1. The van der Waals surface area contributed by atoms with Crippen LogP contribution in [0.1, 0.15) is 11.1 Å². The van der Waals surface area contributed by atoms with Gasteiger partial charge in [0, 0.05) is 12.2 Å². The minimum atomic E-state index is -1.02. The molecule has 0 aliphatic heterocycles. The van der Waals surface area contributed by atoms with Gasteiger partial charge in [0.05, 0.1) is 49.8 Å². The Labute approximate surface area is 204 Å². The fourth-order valence-electron chi connectivity index (χ4n) is 2.80. The molecule has 190 valence electrons. The molecule has 0 radical (unpaired) electrons. The quantitative estimate of drug-likeness (QED) is 0.390. The van der Waals surface area contributed by atoms with Gasteiger partial charge in [-0.2, -0.15) is 0 Å². The second-order valence-corrected chi connectivity index (χ2v) is 6.45. The molecule has 35 heavy (non-hydrogen) atoms. The molecule has 0 aromatic heterocycles. The Morgan fingerprint density at radius 1 is 0.600 bits per heavy atom. The maximum absolute atomic E-state index is 11.0. The molecule has 0 atom stereocenters. The van der Waals surface area contributed by atoms with Gasteiger partial charge in [0.2, 0.25) is 11.5 Å². The number of carboxylic acid groups (broad SMARTS) is 1. The van der Waals surface area contributed by atoms with Crippen LogP contribution in [-0.2, 0) is 14.3 Å².